The summed E-state index contributed by atoms with van der Waals surface area (Å²) in [5.41, 5.74) is 0. The third-order valence-corrected chi connectivity index (χ3v) is 4.96. The first kappa shape index (κ1) is 3.66. The molecular weight excluding hydrogens is 189 g/mol. The van der Waals surface area contributed by atoms with Crippen LogP contribution in [0.4, 0.5) is 0 Å². The van der Waals surface area contributed by atoms with Gasteiger partial charge in [-0.05, 0) is 0 Å². The van der Waals surface area contributed by atoms with Crippen molar-refractivity contribution in [3.05, 3.63) is 0 Å². The van der Waals surface area contributed by atoms with Gasteiger partial charge in [-0.25, -0.2) is 0 Å². The maximum atomic E-state index is 3.35. The number of halogens is 1. The van der Waals surface area contributed by atoms with E-state index in [9.17, 15) is 0 Å². The van der Waals surface area contributed by atoms with Crippen LogP contribution < -0.4 is 26.5 Å². The third kappa shape index (κ3) is 0.397. The first-order valence-electron chi connectivity index (χ1n) is 2.29. The quantitative estimate of drug-likeness (QED) is 0.312. The van der Waals surface area contributed by atoms with Crippen LogP contribution >= 0.6 is 0 Å². The second kappa shape index (κ2) is 1.10. The molecule has 0 aromatic heterocycles. The van der Waals surface area contributed by atoms with E-state index in [1.807, 2.05) is 0 Å². The number of hydrogen-bond donors (Lipinski definition) is 1. The molecule has 6 heavy (non-hydrogen) atoms. The average molecular weight is 196 g/mol. The van der Waals surface area contributed by atoms with Crippen molar-refractivity contribution >= 4 is 0 Å². The summed E-state index contributed by atoms with van der Waals surface area (Å²) in [4.78, 5) is 0. The van der Waals surface area contributed by atoms with Gasteiger partial charge in [0, 0.05) is 0 Å². The van der Waals surface area contributed by atoms with Crippen molar-refractivity contribution in [2.45, 2.75) is 7.85 Å². The van der Waals surface area contributed by atoms with Crippen LogP contribution in [0, 0.1) is 0 Å². The fourth-order valence-electron chi connectivity index (χ4n) is 0.870. The summed E-state index contributed by atoms with van der Waals surface area (Å²) >= 11 is 0.736. The molecule has 2 unspecified atom stereocenters. The van der Waals surface area contributed by atoms with Gasteiger partial charge in [0.15, 0.2) is 0 Å². The fourth-order valence-corrected chi connectivity index (χ4v) is 3.46. The number of rotatable bonds is 0. The van der Waals surface area contributed by atoms with Crippen molar-refractivity contribution < 1.29 is 21.2 Å². The van der Waals surface area contributed by atoms with Gasteiger partial charge >= 0.3 is 47.5 Å². The molecule has 0 saturated carbocycles. The van der Waals surface area contributed by atoms with Gasteiger partial charge in [-0.2, -0.15) is 0 Å². The van der Waals surface area contributed by atoms with Crippen LogP contribution in [0.3, 0.4) is 0 Å². The molecule has 1 N–H and O–H groups in total. The molecule has 36 valence electrons. The number of fused-ring (bicyclic) bond motifs is 1. The molecule has 2 heteroatoms. The van der Waals surface area contributed by atoms with Crippen LogP contribution in [0.5, 0.6) is 0 Å². The molecule has 2 fully saturated rings. The van der Waals surface area contributed by atoms with Crippen LogP contribution in [-0.2, 0) is 0 Å². The molecule has 2 heterocycles. The second-order valence-corrected chi connectivity index (χ2v) is 5.74. The van der Waals surface area contributed by atoms with Gasteiger partial charge in [-0.15, -0.1) is 0 Å². The summed E-state index contributed by atoms with van der Waals surface area (Å²) in [5.74, 6) is 0. The van der Waals surface area contributed by atoms with E-state index in [-0.39, 0.29) is 0 Å². The van der Waals surface area contributed by atoms with Crippen molar-refractivity contribution in [3.63, 3.8) is 0 Å². The maximum absolute atomic E-state index is 3.35. The first-order chi connectivity index (χ1) is 2.97. The average Bonchev–Trinajstić information content (AvgIpc) is 2.17. The Morgan fingerprint density at radius 2 is 2.00 bits per heavy atom. The Labute approximate surface area is 47.8 Å². The van der Waals surface area contributed by atoms with Crippen molar-refractivity contribution in [2.24, 2.45) is 0 Å². The van der Waals surface area contributed by atoms with Gasteiger partial charge in [0.1, 0.15) is 0 Å². The van der Waals surface area contributed by atoms with Crippen molar-refractivity contribution in [2.75, 3.05) is 13.1 Å². The van der Waals surface area contributed by atoms with Crippen LogP contribution in [-0.4, -0.2) is 20.9 Å². The van der Waals surface area contributed by atoms with Crippen LogP contribution in [0.1, 0.15) is 0 Å². The van der Waals surface area contributed by atoms with Gasteiger partial charge < -0.3 is 0 Å². The van der Waals surface area contributed by atoms with Gasteiger partial charge in [-0.1, -0.05) is 0 Å². The predicted molar refractivity (Wildman–Crippen MR) is 20.4 cm³/mol. The van der Waals surface area contributed by atoms with Crippen molar-refractivity contribution in [3.8, 4) is 0 Å². The number of alkyl halides is 2. The first-order valence-corrected chi connectivity index (χ1v) is 4.78. The minimum atomic E-state index is 0.736. The van der Waals surface area contributed by atoms with Gasteiger partial charge in [-0.3, -0.25) is 0 Å². The summed E-state index contributed by atoms with van der Waals surface area (Å²) in [6.07, 6.45) is 0. The minimum absolute atomic E-state index is 0.736. The van der Waals surface area contributed by atoms with E-state index in [0.29, 0.717) is 0 Å². The molecule has 2 saturated heterocycles. The summed E-state index contributed by atoms with van der Waals surface area (Å²) in [5, 5.41) is 3.35. The van der Waals surface area contributed by atoms with E-state index in [0.717, 1.165) is 21.2 Å². The molecular formula is C4H7IN-. The molecule has 0 amide bonds. The molecule has 0 aliphatic carbocycles. The zero-order chi connectivity index (χ0) is 3.98. The van der Waals surface area contributed by atoms with E-state index in [1.54, 1.807) is 0 Å². The molecule has 1 nitrogen and oxygen atoms in total. The van der Waals surface area contributed by atoms with Crippen molar-refractivity contribution in [1.29, 1.82) is 0 Å². The predicted octanol–water partition coefficient (Wildman–Crippen LogP) is -3.57. The van der Waals surface area contributed by atoms with Gasteiger partial charge in [0.05, 0.1) is 0 Å². The summed E-state index contributed by atoms with van der Waals surface area (Å²) in [6.45, 7) is 2.72. The van der Waals surface area contributed by atoms with Crippen LogP contribution in [0.25, 0.3) is 0 Å². The van der Waals surface area contributed by atoms with Gasteiger partial charge in [0.25, 0.3) is 0 Å². The van der Waals surface area contributed by atoms with Crippen LogP contribution in [0.15, 0.2) is 0 Å². The Morgan fingerprint density at radius 1 is 1.33 bits per heavy atom. The topological polar surface area (TPSA) is 12.0 Å². The summed E-state index contributed by atoms with van der Waals surface area (Å²) in [6, 6.07) is 0. The Kier molecular flexibility index (Phi) is 0.669. The van der Waals surface area contributed by atoms with Crippen molar-refractivity contribution in [1.82, 2.24) is 5.32 Å². The monoisotopic (exact) mass is 196 g/mol. The molecule has 0 aromatic carbocycles. The summed E-state index contributed by atoms with van der Waals surface area (Å²) in [7, 11) is 0. The Balaban J connectivity index is 2.09. The molecule has 2 aliphatic rings. The Bertz CT molecular complexity index is 65.9. The Morgan fingerprint density at radius 3 is 2.17 bits per heavy atom. The zero-order valence-electron chi connectivity index (χ0n) is 3.45. The zero-order valence-corrected chi connectivity index (χ0v) is 5.60. The van der Waals surface area contributed by atoms with E-state index < -0.39 is 0 Å². The molecule has 2 atom stereocenters. The molecule has 0 spiro atoms. The third-order valence-electron chi connectivity index (χ3n) is 1.33. The molecule has 0 bridgehead atoms. The number of hydrogen-bond acceptors (Lipinski definition) is 1. The second-order valence-electron chi connectivity index (χ2n) is 1.82. The van der Waals surface area contributed by atoms with E-state index in [2.05, 4.69) is 5.32 Å². The fraction of sp³-hybridized carbons (Fsp3) is 1.00. The van der Waals surface area contributed by atoms with Crippen LogP contribution in [0.2, 0.25) is 0 Å². The molecule has 2 aliphatic heterocycles. The molecule has 2 rings (SSSR count). The van der Waals surface area contributed by atoms with E-state index in [4.69, 9.17) is 0 Å². The van der Waals surface area contributed by atoms with E-state index >= 15 is 0 Å². The Hall–Kier alpha value is 0.690. The number of nitrogens with one attached hydrogen (secondary N) is 1. The van der Waals surface area contributed by atoms with Gasteiger partial charge in [0.2, 0.25) is 0 Å². The normalized spacial score (nSPS) is 53.3. The standard InChI is InChI=1S/C4H7IN/c1-3-4(5-3)2-6-1/h3-4,6H,1-2H2/q-1. The SMILES string of the molecule is C1NCC2[I-]C12. The van der Waals surface area contributed by atoms with E-state index in [1.165, 1.54) is 20.9 Å². The molecule has 0 radical (unpaired) electrons. The summed E-state index contributed by atoms with van der Waals surface area (Å²) < 4.78 is 2.42. The molecule has 0 aromatic rings.